The van der Waals surface area contributed by atoms with Gasteiger partial charge in [0.15, 0.2) is 0 Å². The lowest BCUT2D eigenvalue weighted by molar-refractivity contribution is -0.119. The summed E-state index contributed by atoms with van der Waals surface area (Å²) >= 11 is 0. The van der Waals surface area contributed by atoms with Crippen molar-refractivity contribution in [3.63, 3.8) is 0 Å². The summed E-state index contributed by atoms with van der Waals surface area (Å²) in [5.41, 5.74) is 2.87. The molecule has 4 rings (SSSR count). The Kier molecular flexibility index (Phi) is 7.41. The number of hydrogen-bond acceptors (Lipinski definition) is 2. The highest BCUT2D eigenvalue weighted by atomic mass is 19.1. The van der Waals surface area contributed by atoms with Crippen LogP contribution in [-0.2, 0) is 4.79 Å². The Hall–Kier alpha value is -3.47. The lowest BCUT2D eigenvalue weighted by atomic mass is 9.89. The average molecular weight is 459 g/mol. The Morgan fingerprint density at radius 3 is 2.44 bits per heavy atom. The summed E-state index contributed by atoms with van der Waals surface area (Å²) in [6, 6.07) is 23.0. The highest BCUT2D eigenvalue weighted by Gasteiger charge is 2.38. The normalized spacial score (nSPS) is 17.2. The van der Waals surface area contributed by atoms with Crippen LogP contribution in [0.15, 0.2) is 78.9 Å². The van der Waals surface area contributed by atoms with E-state index in [1.54, 1.807) is 17.0 Å². The summed E-state index contributed by atoms with van der Waals surface area (Å²) in [7, 11) is 0. The van der Waals surface area contributed by atoms with Crippen molar-refractivity contribution in [2.24, 2.45) is 0 Å². The Morgan fingerprint density at radius 2 is 1.71 bits per heavy atom. The van der Waals surface area contributed by atoms with Crippen LogP contribution in [0, 0.1) is 5.82 Å². The van der Waals surface area contributed by atoms with Gasteiger partial charge in [0.2, 0.25) is 5.91 Å². The SMILES string of the molecule is CCCCCC(=O)N(c1ccccc1)[C@H]1C[C@H](C)N(C(=O)c2cccc(F)c2)c2ccccc21. The predicted molar refractivity (Wildman–Crippen MR) is 135 cm³/mol. The van der Waals surface area contributed by atoms with E-state index in [1.807, 2.05) is 66.4 Å². The molecule has 0 N–H and O–H groups in total. The van der Waals surface area contributed by atoms with Gasteiger partial charge in [-0.1, -0.05) is 62.2 Å². The lowest BCUT2D eigenvalue weighted by Crippen LogP contribution is -2.47. The zero-order valence-electron chi connectivity index (χ0n) is 19.8. The number of hydrogen-bond donors (Lipinski definition) is 0. The molecule has 5 heteroatoms. The number of anilines is 2. The van der Waals surface area contributed by atoms with Crippen molar-refractivity contribution in [2.75, 3.05) is 9.80 Å². The highest BCUT2D eigenvalue weighted by molar-refractivity contribution is 6.07. The van der Waals surface area contributed by atoms with Crippen LogP contribution in [-0.4, -0.2) is 17.9 Å². The van der Waals surface area contributed by atoms with Crippen molar-refractivity contribution in [2.45, 2.75) is 58.0 Å². The van der Waals surface area contributed by atoms with Gasteiger partial charge in [-0.2, -0.15) is 0 Å². The van der Waals surface area contributed by atoms with Crippen LogP contribution in [0.25, 0.3) is 0 Å². The molecule has 1 heterocycles. The minimum absolute atomic E-state index is 0.0940. The average Bonchev–Trinajstić information content (AvgIpc) is 2.85. The highest BCUT2D eigenvalue weighted by Crippen LogP contribution is 2.43. The predicted octanol–water partition coefficient (Wildman–Crippen LogP) is 6.92. The van der Waals surface area contributed by atoms with Crippen molar-refractivity contribution in [1.29, 1.82) is 0 Å². The van der Waals surface area contributed by atoms with Gasteiger partial charge in [-0.15, -0.1) is 0 Å². The van der Waals surface area contributed by atoms with Gasteiger partial charge in [0.25, 0.3) is 5.91 Å². The second kappa shape index (κ2) is 10.6. The van der Waals surface area contributed by atoms with E-state index in [4.69, 9.17) is 0 Å². The van der Waals surface area contributed by atoms with Crippen molar-refractivity contribution in [3.8, 4) is 0 Å². The molecular formula is C29H31FN2O2. The Labute approximate surface area is 201 Å². The first kappa shape index (κ1) is 23.7. The van der Waals surface area contributed by atoms with Crippen LogP contribution in [0.5, 0.6) is 0 Å². The number of benzene rings is 3. The van der Waals surface area contributed by atoms with Gasteiger partial charge in [0.1, 0.15) is 5.82 Å². The zero-order valence-corrected chi connectivity index (χ0v) is 19.8. The molecule has 176 valence electrons. The Bertz CT molecular complexity index is 1150. The van der Waals surface area contributed by atoms with E-state index in [0.29, 0.717) is 18.4 Å². The van der Waals surface area contributed by atoms with E-state index in [2.05, 4.69) is 6.92 Å². The number of unbranched alkanes of at least 4 members (excludes halogenated alkanes) is 2. The molecule has 2 amide bonds. The van der Waals surface area contributed by atoms with E-state index in [9.17, 15) is 14.0 Å². The van der Waals surface area contributed by atoms with Crippen LogP contribution in [0.4, 0.5) is 15.8 Å². The minimum Gasteiger partial charge on any atom is -0.305 e. The fourth-order valence-corrected chi connectivity index (χ4v) is 4.83. The summed E-state index contributed by atoms with van der Waals surface area (Å²) in [5, 5.41) is 0. The first-order valence-electron chi connectivity index (χ1n) is 12.1. The molecule has 0 spiro atoms. The zero-order chi connectivity index (χ0) is 24.1. The smallest absolute Gasteiger partial charge is 0.258 e. The summed E-state index contributed by atoms with van der Waals surface area (Å²) in [4.78, 5) is 30.6. The van der Waals surface area contributed by atoms with Gasteiger partial charge >= 0.3 is 0 Å². The molecule has 0 radical (unpaired) electrons. The van der Waals surface area contributed by atoms with Crippen molar-refractivity contribution < 1.29 is 14.0 Å². The molecule has 0 bridgehead atoms. The molecule has 0 unspecified atom stereocenters. The molecule has 3 aromatic rings. The summed E-state index contributed by atoms with van der Waals surface area (Å²) < 4.78 is 13.8. The summed E-state index contributed by atoms with van der Waals surface area (Å²) in [5.74, 6) is -0.579. The Morgan fingerprint density at radius 1 is 0.971 bits per heavy atom. The third-order valence-corrected chi connectivity index (χ3v) is 6.46. The van der Waals surface area contributed by atoms with E-state index in [1.165, 1.54) is 12.1 Å². The molecule has 2 atom stereocenters. The van der Waals surface area contributed by atoms with Crippen molar-refractivity contribution in [1.82, 2.24) is 0 Å². The topological polar surface area (TPSA) is 40.6 Å². The fourth-order valence-electron chi connectivity index (χ4n) is 4.83. The van der Waals surface area contributed by atoms with Crippen LogP contribution in [0.1, 0.15) is 67.9 Å². The minimum atomic E-state index is -0.436. The molecule has 0 fully saturated rings. The molecule has 1 aliphatic heterocycles. The monoisotopic (exact) mass is 458 g/mol. The number of fused-ring (bicyclic) bond motifs is 1. The number of para-hydroxylation sites is 2. The standard InChI is InChI=1S/C29H31FN2O2/c1-3-4-6-18-28(33)32(24-14-7-5-8-15-24)27-19-21(2)31(26-17-10-9-16-25(26)27)29(34)22-12-11-13-23(30)20-22/h5,7-17,20-21,27H,3-4,6,18-19H2,1-2H3/t21-,27-/m0/s1. The summed E-state index contributed by atoms with van der Waals surface area (Å²) in [6.07, 6.45) is 4.00. The van der Waals surface area contributed by atoms with Crippen LogP contribution < -0.4 is 9.80 Å². The number of rotatable bonds is 7. The molecule has 3 aromatic carbocycles. The van der Waals surface area contributed by atoms with E-state index >= 15 is 0 Å². The maximum Gasteiger partial charge on any atom is 0.258 e. The van der Waals surface area contributed by atoms with Crippen LogP contribution in [0.2, 0.25) is 0 Å². The molecule has 0 saturated heterocycles. The molecule has 34 heavy (non-hydrogen) atoms. The second-order valence-corrected chi connectivity index (χ2v) is 8.90. The molecule has 1 aliphatic rings. The quantitative estimate of drug-likeness (QED) is 0.361. The largest absolute Gasteiger partial charge is 0.305 e. The fraction of sp³-hybridized carbons (Fsp3) is 0.310. The van der Waals surface area contributed by atoms with E-state index < -0.39 is 5.82 Å². The third kappa shape index (κ3) is 4.89. The molecule has 0 aromatic heterocycles. The maximum absolute atomic E-state index is 13.8. The van der Waals surface area contributed by atoms with Crippen molar-refractivity contribution >= 4 is 23.2 Å². The number of carbonyl (C=O) groups is 2. The third-order valence-electron chi connectivity index (χ3n) is 6.46. The molecule has 0 saturated carbocycles. The lowest BCUT2D eigenvalue weighted by Gasteiger charge is -2.43. The van der Waals surface area contributed by atoms with Crippen LogP contribution >= 0.6 is 0 Å². The second-order valence-electron chi connectivity index (χ2n) is 8.90. The van der Waals surface area contributed by atoms with E-state index in [0.717, 1.165) is 36.2 Å². The van der Waals surface area contributed by atoms with Gasteiger partial charge in [-0.25, -0.2) is 4.39 Å². The number of nitrogens with zero attached hydrogens (tertiary/aromatic N) is 2. The summed E-state index contributed by atoms with van der Waals surface area (Å²) in [6.45, 7) is 4.12. The van der Waals surface area contributed by atoms with Gasteiger partial charge in [-0.05, 0) is 61.7 Å². The van der Waals surface area contributed by atoms with Gasteiger partial charge in [0.05, 0.1) is 6.04 Å². The van der Waals surface area contributed by atoms with Gasteiger partial charge in [-0.3, -0.25) is 9.59 Å². The van der Waals surface area contributed by atoms with Crippen molar-refractivity contribution in [3.05, 3.63) is 95.8 Å². The number of halogens is 1. The number of amides is 2. The first-order chi connectivity index (χ1) is 16.5. The van der Waals surface area contributed by atoms with Gasteiger partial charge < -0.3 is 9.80 Å². The first-order valence-corrected chi connectivity index (χ1v) is 12.1. The van der Waals surface area contributed by atoms with Gasteiger partial charge in [0, 0.05) is 29.4 Å². The molecular weight excluding hydrogens is 427 g/mol. The maximum atomic E-state index is 13.8. The number of carbonyl (C=O) groups excluding carboxylic acids is 2. The van der Waals surface area contributed by atoms with E-state index in [-0.39, 0.29) is 23.9 Å². The van der Waals surface area contributed by atoms with Crippen LogP contribution in [0.3, 0.4) is 0 Å². The molecule has 4 nitrogen and oxygen atoms in total. The molecule has 0 aliphatic carbocycles. The Balaban J connectivity index is 1.74.